The van der Waals surface area contributed by atoms with Crippen LogP contribution in [0.15, 0.2) is 60.7 Å². The molecule has 0 aliphatic carbocycles. The van der Waals surface area contributed by atoms with Crippen molar-refractivity contribution in [1.82, 2.24) is 15.5 Å². The number of amides is 3. The molecule has 0 aromatic heterocycles. The Balaban J connectivity index is 1.55. The van der Waals surface area contributed by atoms with Gasteiger partial charge in [-0.3, -0.25) is 9.59 Å². The summed E-state index contributed by atoms with van der Waals surface area (Å²) in [6.45, 7) is 7.03. The van der Waals surface area contributed by atoms with Crippen LogP contribution in [0.1, 0.15) is 38.8 Å². The third-order valence-electron chi connectivity index (χ3n) is 5.41. The summed E-state index contributed by atoms with van der Waals surface area (Å²) in [6.07, 6.45) is -0.471. The highest BCUT2D eigenvalue weighted by atomic mass is 16.6. The van der Waals surface area contributed by atoms with E-state index in [4.69, 9.17) is 9.47 Å². The first-order chi connectivity index (χ1) is 17.0. The summed E-state index contributed by atoms with van der Waals surface area (Å²) in [5.41, 5.74) is 0.965. The molecule has 2 aromatic carbocycles. The summed E-state index contributed by atoms with van der Waals surface area (Å²) >= 11 is 0. The van der Waals surface area contributed by atoms with Gasteiger partial charge in [0.15, 0.2) is 0 Å². The van der Waals surface area contributed by atoms with E-state index in [9.17, 15) is 19.2 Å². The number of carbonyl (C=O) groups is 4. The molecule has 3 rings (SSSR count). The van der Waals surface area contributed by atoms with E-state index in [1.54, 1.807) is 20.8 Å². The van der Waals surface area contributed by atoms with E-state index < -0.39 is 47.6 Å². The topological polar surface area (TPSA) is 114 Å². The first-order valence-corrected chi connectivity index (χ1v) is 11.9. The predicted octanol–water partition coefficient (Wildman–Crippen LogP) is 2.58. The van der Waals surface area contributed by atoms with Gasteiger partial charge in [-0.05, 0) is 38.8 Å². The fourth-order valence-electron chi connectivity index (χ4n) is 3.53. The van der Waals surface area contributed by atoms with Crippen LogP contribution in [0.2, 0.25) is 0 Å². The van der Waals surface area contributed by atoms with Crippen LogP contribution in [-0.2, 0) is 36.9 Å². The molecule has 1 aliphatic rings. The maximum atomic E-state index is 13.2. The molecule has 0 spiro atoms. The van der Waals surface area contributed by atoms with E-state index in [1.807, 2.05) is 60.7 Å². The van der Waals surface area contributed by atoms with Crippen molar-refractivity contribution >= 4 is 23.9 Å². The van der Waals surface area contributed by atoms with Gasteiger partial charge in [0.1, 0.15) is 30.3 Å². The van der Waals surface area contributed by atoms with Crippen LogP contribution in [-0.4, -0.2) is 59.0 Å². The fourth-order valence-corrected chi connectivity index (χ4v) is 3.53. The highest BCUT2D eigenvalue weighted by molar-refractivity contribution is 5.97. The lowest BCUT2D eigenvalue weighted by atomic mass is 10.1. The summed E-state index contributed by atoms with van der Waals surface area (Å²) in [5.74, 6) is -1.42. The number of esters is 1. The fraction of sp³-hybridized carbons (Fsp3) is 0.407. The van der Waals surface area contributed by atoms with Crippen LogP contribution in [0, 0.1) is 0 Å². The van der Waals surface area contributed by atoms with Gasteiger partial charge in [-0.2, -0.15) is 0 Å². The number of rotatable bonds is 9. The Morgan fingerprint density at radius 2 is 1.53 bits per heavy atom. The Hall–Kier alpha value is -3.88. The van der Waals surface area contributed by atoms with Gasteiger partial charge in [-0.1, -0.05) is 60.7 Å². The smallest absolute Gasteiger partial charge is 0.408 e. The van der Waals surface area contributed by atoms with E-state index in [0.29, 0.717) is 0 Å². The number of ether oxygens (including phenoxy) is 2. The lowest BCUT2D eigenvalue weighted by Gasteiger charge is -2.23. The monoisotopic (exact) mass is 495 g/mol. The maximum absolute atomic E-state index is 13.2. The molecule has 192 valence electrons. The Morgan fingerprint density at radius 1 is 0.944 bits per heavy atom. The lowest BCUT2D eigenvalue weighted by Crippen LogP contribution is -2.48. The average molecular weight is 496 g/mol. The molecule has 2 aromatic rings. The largest absolute Gasteiger partial charge is 0.459 e. The van der Waals surface area contributed by atoms with Crippen molar-refractivity contribution in [1.29, 1.82) is 0 Å². The van der Waals surface area contributed by atoms with Gasteiger partial charge in [-0.15, -0.1) is 0 Å². The highest BCUT2D eigenvalue weighted by Crippen LogP contribution is 2.21. The number of nitrogens with one attached hydrogen (secondary N) is 2. The normalized spacial score (nSPS) is 16.3. The number of hydrogen-bond donors (Lipinski definition) is 2. The third kappa shape index (κ3) is 8.11. The number of hydrogen-bond acceptors (Lipinski definition) is 6. The minimum Gasteiger partial charge on any atom is -0.459 e. The Bertz CT molecular complexity index is 1070. The summed E-state index contributed by atoms with van der Waals surface area (Å²) in [6, 6.07) is 16.0. The summed E-state index contributed by atoms with van der Waals surface area (Å²) in [7, 11) is 0. The minimum atomic E-state index is -0.909. The molecule has 36 heavy (non-hydrogen) atoms. The van der Waals surface area contributed by atoms with E-state index in [1.165, 1.54) is 11.8 Å². The van der Waals surface area contributed by atoms with Gasteiger partial charge < -0.3 is 25.0 Å². The zero-order valence-electron chi connectivity index (χ0n) is 21.0. The maximum Gasteiger partial charge on any atom is 0.408 e. The Morgan fingerprint density at radius 3 is 2.11 bits per heavy atom. The predicted molar refractivity (Wildman–Crippen MR) is 133 cm³/mol. The quantitative estimate of drug-likeness (QED) is 0.408. The van der Waals surface area contributed by atoms with Gasteiger partial charge in [0.05, 0.1) is 6.54 Å². The molecule has 0 unspecified atom stereocenters. The first-order valence-electron chi connectivity index (χ1n) is 11.9. The number of nitrogens with zero attached hydrogens (tertiary/aromatic N) is 1. The molecule has 0 radical (unpaired) electrons. The van der Waals surface area contributed by atoms with Crippen LogP contribution >= 0.6 is 0 Å². The van der Waals surface area contributed by atoms with Gasteiger partial charge in [0.25, 0.3) is 0 Å². The van der Waals surface area contributed by atoms with Crippen molar-refractivity contribution in [2.75, 3.05) is 6.54 Å². The van der Waals surface area contributed by atoms with Crippen LogP contribution in [0.25, 0.3) is 0 Å². The van der Waals surface area contributed by atoms with Crippen LogP contribution in [0.4, 0.5) is 4.79 Å². The van der Waals surface area contributed by atoms with E-state index >= 15 is 0 Å². The Labute approximate surface area is 211 Å². The van der Waals surface area contributed by atoms with Crippen molar-refractivity contribution in [3.8, 4) is 0 Å². The first kappa shape index (κ1) is 26.7. The molecule has 1 saturated heterocycles. The SMILES string of the molecule is C[C@H](NC(=O)[C@@H]1CN1C(=O)[C@H](Cc1ccccc1)NC(=O)OC(C)(C)C)C(=O)OCc1ccccc1. The van der Waals surface area contributed by atoms with Crippen molar-refractivity contribution in [2.24, 2.45) is 0 Å². The highest BCUT2D eigenvalue weighted by Gasteiger charge is 2.47. The zero-order valence-corrected chi connectivity index (χ0v) is 21.0. The standard InChI is InChI=1S/C27H33N3O6/c1-18(25(33)35-17-20-13-9-6-10-14-20)28-23(31)22-16-30(22)24(32)21(15-19-11-7-5-8-12-19)29-26(34)36-27(2,3)4/h5-14,18,21-22H,15-17H2,1-4H3,(H,28,31)(H,29,34)/t18-,21-,22-,30?/m0/s1. The van der Waals surface area contributed by atoms with Crippen molar-refractivity contribution in [3.05, 3.63) is 71.8 Å². The molecule has 0 bridgehead atoms. The van der Waals surface area contributed by atoms with E-state index in [-0.39, 0.29) is 19.6 Å². The van der Waals surface area contributed by atoms with E-state index in [0.717, 1.165) is 11.1 Å². The minimum absolute atomic E-state index is 0.103. The third-order valence-corrected chi connectivity index (χ3v) is 5.41. The zero-order chi connectivity index (χ0) is 26.3. The molecular formula is C27H33N3O6. The molecule has 1 fully saturated rings. The summed E-state index contributed by atoms with van der Waals surface area (Å²) < 4.78 is 10.6. The molecule has 3 atom stereocenters. The van der Waals surface area contributed by atoms with Crippen molar-refractivity contribution < 1.29 is 28.7 Å². The van der Waals surface area contributed by atoms with Crippen LogP contribution < -0.4 is 10.6 Å². The van der Waals surface area contributed by atoms with Gasteiger partial charge in [0, 0.05) is 6.42 Å². The number of carbonyl (C=O) groups excluding carboxylic acids is 4. The van der Waals surface area contributed by atoms with Gasteiger partial charge >= 0.3 is 12.1 Å². The lowest BCUT2D eigenvalue weighted by molar-refractivity contribution is -0.148. The molecule has 0 saturated carbocycles. The molecular weight excluding hydrogens is 462 g/mol. The second kappa shape index (κ2) is 11.7. The van der Waals surface area contributed by atoms with Crippen molar-refractivity contribution in [3.63, 3.8) is 0 Å². The van der Waals surface area contributed by atoms with E-state index in [2.05, 4.69) is 10.6 Å². The van der Waals surface area contributed by atoms with Gasteiger partial charge in [-0.25, -0.2) is 9.59 Å². The summed E-state index contributed by atoms with van der Waals surface area (Å²) in [4.78, 5) is 51.9. The molecule has 1 heterocycles. The number of alkyl carbamates (subject to hydrolysis) is 1. The van der Waals surface area contributed by atoms with Crippen molar-refractivity contribution in [2.45, 2.75) is 64.4 Å². The molecule has 9 nitrogen and oxygen atoms in total. The second-order valence-electron chi connectivity index (χ2n) is 9.72. The summed E-state index contributed by atoms with van der Waals surface area (Å²) in [5, 5.41) is 5.24. The Kier molecular flexibility index (Phi) is 8.68. The molecule has 3 amide bonds. The molecule has 9 heteroatoms. The number of benzene rings is 2. The average Bonchev–Trinajstić information content (AvgIpc) is 3.63. The molecule has 2 N–H and O–H groups in total. The van der Waals surface area contributed by atoms with Crippen LogP contribution in [0.5, 0.6) is 0 Å². The van der Waals surface area contributed by atoms with Gasteiger partial charge in [0.2, 0.25) is 11.8 Å². The second-order valence-corrected chi connectivity index (χ2v) is 9.72. The molecule has 1 aliphatic heterocycles. The van der Waals surface area contributed by atoms with Crippen LogP contribution in [0.3, 0.4) is 0 Å².